The third-order valence-corrected chi connectivity index (χ3v) is 3.47. The fraction of sp³-hybridized carbons (Fsp3) is 0.909. The molecule has 1 heterocycles. The predicted octanol–water partition coefficient (Wildman–Crippen LogP) is 0.214. The normalized spacial score (nSPS) is 26.7. The van der Waals surface area contributed by atoms with E-state index in [9.17, 15) is 9.90 Å². The van der Waals surface area contributed by atoms with Crippen molar-refractivity contribution in [3.05, 3.63) is 0 Å². The molecule has 0 bridgehead atoms. The van der Waals surface area contributed by atoms with Gasteiger partial charge in [-0.05, 0) is 33.7 Å². The van der Waals surface area contributed by atoms with Crippen LogP contribution in [-0.4, -0.2) is 47.7 Å². The maximum Gasteiger partial charge on any atom is 0.227 e. The van der Waals surface area contributed by atoms with Gasteiger partial charge in [-0.15, -0.1) is 0 Å². The summed E-state index contributed by atoms with van der Waals surface area (Å²) in [7, 11) is 1.77. The Bertz CT molecular complexity index is 241. The Labute approximate surface area is 91.6 Å². The number of carbonyl (C=O) groups excluding carboxylic acids is 1. The first kappa shape index (κ1) is 12.5. The Morgan fingerprint density at radius 1 is 1.60 bits per heavy atom. The monoisotopic (exact) mass is 214 g/mol. The van der Waals surface area contributed by atoms with E-state index in [0.717, 1.165) is 13.0 Å². The second kappa shape index (κ2) is 4.49. The topological polar surface area (TPSA) is 52.6 Å². The van der Waals surface area contributed by atoms with Crippen molar-refractivity contribution < 1.29 is 9.90 Å². The Balaban J connectivity index is 2.67. The molecule has 4 nitrogen and oxygen atoms in total. The largest absolute Gasteiger partial charge is 0.394 e. The summed E-state index contributed by atoms with van der Waals surface area (Å²) in [5.41, 5.74) is -0.473. The van der Waals surface area contributed by atoms with Crippen molar-refractivity contribution in [2.24, 2.45) is 5.92 Å². The summed E-state index contributed by atoms with van der Waals surface area (Å²) in [4.78, 5) is 13.8. The molecule has 15 heavy (non-hydrogen) atoms. The fourth-order valence-corrected chi connectivity index (χ4v) is 1.85. The first-order valence-corrected chi connectivity index (χ1v) is 5.52. The summed E-state index contributed by atoms with van der Waals surface area (Å²) in [6.45, 7) is 6.68. The van der Waals surface area contributed by atoms with Crippen LogP contribution in [0.1, 0.15) is 27.2 Å². The Morgan fingerprint density at radius 2 is 2.20 bits per heavy atom. The number of likely N-dealkylation sites (N-methyl/N-ethyl adjacent to an activating group) is 1. The third kappa shape index (κ3) is 2.49. The van der Waals surface area contributed by atoms with Crippen LogP contribution in [0, 0.1) is 5.92 Å². The minimum Gasteiger partial charge on any atom is -0.394 e. The first-order valence-electron chi connectivity index (χ1n) is 5.52. The molecule has 1 aliphatic heterocycles. The van der Waals surface area contributed by atoms with Gasteiger partial charge in [-0.3, -0.25) is 4.79 Å². The van der Waals surface area contributed by atoms with Crippen molar-refractivity contribution in [2.45, 2.75) is 38.8 Å². The van der Waals surface area contributed by atoms with Gasteiger partial charge in [0.2, 0.25) is 5.91 Å². The average molecular weight is 214 g/mol. The number of hydrogen-bond acceptors (Lipinski definition) is 3. The number of nitrogens with one attached hydrogen (secondary N) is 1. The van der Waals surface area contributed by atoms with E-state index in [1.807, 2.05) is 20.8 Å². The van der Waals surface area contributed by atoms with Crippen LogP contribution < -0.4 is 5.32 Å². The van der Waals surface area contributed by atoms with Crippen LogP contribution in [0.25, 0.3) is 0 Å². The van der Waals surface area contributed by atoms with Crippen molar-refractivity contribution in [3.63, 3.8) is 0 Å². The Kier molecular flexibility index (Phi) is 3.73. The second-order valence-electron chi connectivity index (χ2n) is 5.01. The summed E-state index contributed by atoms with van der Waals surface area (Å²) in [5, 5.41) is 12.5. The molecule has 0 aromatic carbocycles. The molecule has 1 saturated heterocycles. The van der Waals surface area contributed by atoms with E-state index in [2.05, 4.69) is 5.32 Å². The predicted molar refractivity (Wildman–Crippen MR) is 59.5 cm³/mol. The number of hydrogen-bond donors (Lipinski definition) is 2. The van der Waals surface area contributed by atoms with E-state index in [4.69, 9.17) is 0 Å². The molecule has 2 N–H and O–H groups in total. The molecule has 4 heteroatoms. The highest BCUT2D eigenvalue weighted by molar-refractivity contribution is 5.80. The number of carbonyl (C=O) groups is 1. The van der Waals surface area contributed by atoms with E-state index in [1.54, 1.807) is 11.9 Å². The van der Waals surface area contributed by atoms with E-state index in [-0.39, 0.29) is 24.5 Å². The SMILES string of the molecule is CC1NCCC1C(=O)N(C)C(C)(C)CO. The fourth-order valence-electron chi connectivity index (χ4n) is 1.85. The minimum atomic E-state index is -0.473. The molecule has 1 amide bonds. The summed E-state index contributed by atoms with van der Waals surface area (Å²) < 4.78 is 0. The second-order valence-corrected chi connectivity index (χ2v) is 5.01. The summed E-state index contributed by atoms with van der Waals surface area (Å²) >= 11 is 0. The molecule has 88 valence electrons. The molecule has 2 unspecified atom stereocenters. The van der Waals surface area contributed by atoms with Gasteiger partial charge in [0.15, 0.2) is 0 Å². The lowest BCUT2D eigenvalue weighted by Crippen LogP contribution is -2.51. The standard InChI is InChI=1S/C11H22N2O2/c1-8-9(5-6-12-8)10(15)13(4)11(2,3)7-14/h8-9,12,14H,5-7H2,1-4H3. The summed E-state index contributed by atoms with van der Waals surface area (Å²) in [6.07, 6.45) is 0.895. The minimum absolute atomic E-state index is 0.0101. The zero-order valence-corrected chi connectivity index (χ0v) is 10.1. The highest BCUT2D eigenvalue weighted by atomic mass is 16.3. The number of aliphatic hydroxyl groups excluding tert-OH is 1. The zero-order valence-electron chi connectivity index (χ0n) is 10.1. The molecule has 0 aromatic rings. The van der Waals surface area contributed by atoms with Gasteiger partial charge < -0.3 is 15.3 Å². The van der Waals surface area contributed by atoms with Crippen molar-refractivity contribution >= 4 is 5.91 Å². The maximum absolute atomic E-state index is 12.1. The zero-order chi connectivity index (χ0) is 11.6. The molecule has 0 aromatic heterocycles. The lowest BCUT2D eigenvalue weighted by Gasteiger charge is -2.36. The van der Waals surface area contributed by atoms with Gasteiger partial charge in [-0.1, -0.05) is 0 Å². The van der Waals surface area contributed by atoms with Crippen LogP contribution in [0.5, 0.6) is 0 Å². The van der Waals surface area contributed by atoms with Crippen molar-refractivity contribution in [3.8, 4) is 0 Å². The van der Waals surface area contributed by atoms with E-state index < -0.39 is 5.54 Å². The first-order chi connectivity index (χ1) is 6.90. The summed E-state index contributed by atoms with van der Waals surface area (Å²) in [5.74, 6) is 0.187. The molecule has 1 aliphatic rings. The van der Waals surface area contributed by atoms with E-state index >= 15 is 0 Å². The van der Waals surface area contributed by atoms with Crippen LogP contribution in [0.15, 0.2) is 0 Å². The lowest BCUT2D eigenvalue weighted by atomic mass is 9.96. The van der Waals surface area contributed by atoms with Gasteiger partial charge in [-0.2, -0.15) is 0 Å². The quantitative estimate of drug-likeness (QED) is 0.706. The van der Waals surface area contributed by atoms with Gasteiger partial charge in [0.05, 0.1) is 18.1 Å². The van der Waals surface area contributed by atoms with E-state index in [1.165, 1.54) is 0 Å². The van der Waals surface area contributed by atoms with Gasteiger partial charge >= 0.3 is 0 Å². The highest BCUT2D eigenvalue weighted by Gasteiger charge is 2.36. The number of rotatable bonds is 3. The lowest BCUT2D eigenvalue weighted by molar-refractivity contribution is -0.140. The van der Waals surface area contributed by atoms with Crippen molar-refractivity contribution in [1.82, 2.24) is 10.2 Å². The van der Waals surface area contributed by atoms with Gasteiger partial charge in [0.1, 0.15) is 0 Å². The molecule has 2 atom stereocenters. The number of aliphatic hydroxyl groups is 1. The van der Waals surface area contributed by atoms with Crippen LogP contribution in [0.4, 0.5) is 0 Å². The van der Waals surface area contributed by atoms with Gasteiger partial charge in [0, 0.05) is 13.1 Å². The molecular formula is C11H22N2O2. The molecule has 1 rings (SSSR count). The van der Waals surface area contributed by atoms with Crippen molar-refractivity contribution in [2.75, 3.05) is 20.2 Å². The molecule has 0 aliphatic carbocycles. The number of amides is 1. The molecule has 1 fully saturated rings. The average Bonchev–Trinajstić information content (AvgIpc) is 2.62. The Morgan fingerprint density at radius 3 is 2.60 bits per heavy atom. The number of nitrogens with zero attached hydrogens (tertiary/aromatic N) is 1. The van der Waals surface area contributed by atoms with Gasteiger partial charge in [0.25, 0.3) is 0 Å². The van der Waals surface area contributed by atoms with Crippen LogP contribution in [0.3, 0.4) is 0 Å². The smallest absolute Gasteiger partial charge is 0.227 e. The van der Waals surface area contributed by atoms with Gasteiger partial charge in [-0.25, -0.2) is 0 Å². The third-order valence-electron chi connectivity index (χ3n) is 3.47. The van der Waals surface area contributed by atoms with Crippen LogP contribution >= 0.6 is 0 Å². The molecular weight excluding hydrogens is 192 g/mol. The molecule has 0 saturated carbocycles. The van der Waals surface area contributed by atoms with Crippen LogP contribution in [-0.2, 0) is 4.79 Å². The molecule has 0 spiro atoms. The maximum atomic E-state index is 12.1. The summed E-state index contributed by atoms with van der Waals surface area (Å²) in [6, 6.07) is 0.245. The van der Waals surface area contributed by atoms with E-state index in [0.29, 0.717) is 0 Å². The Hall–Kier alpha value is -0.610. The van der Waals surface area contributed by atoms with Crippen LogP contribution in [0.2, 0.25) is 0 Å². The van der Waals surface area contributed by atoms with Crippen molar-refractivity contribution in [1.29, 1.82) is 0 Å². The molecule has 0 radical (unpaired) electrons. The highest BCUT2D eigenvalue weighted by Crippen LogP contribution is 2.21.